The number of anilines is 1. The van der Waals surface area contributed by atoms with Gasteiger partial charge in [-0.2, -0.15) is 0 Å². The molecule has 3 aromatic rings. The molecule has 9 nitrogen and oxygen atoms in total. The monoisotopic (exact) mass is 498 g/mol. The number of oxime groups is 1. The number of nitrogens with one attached hydrogen (secondary N) is 1. The first-order valence-corrected chi connectivity index (χ1v) is 13.2. The number of amides is 1. The van der Waals surface area contributed by atoms with Gasteiger partial charge in [-0.1, -0.05) is 34.7 Å². The molecule has 0 bridgehead atoms. The van der Waals surface area contributed by atoms with Gasteiger partial charge in [0.25, 0.3) is 5.91 Å². The number of carbonyl (C=O) groups is 1. The molecule has 1 aromatic carbocycles. The summed E-state index contributed by atoms with van der Waals surface area (Å²) in [5.74, 6) is -0.515. The van der Waals surface area contributed by atoms with Gasteiger partial charge >= 0.3 is 0 Å². The van der Waals surface area contributed by atoms with E-state index in [2.05, 4.69) is 20.4 Å². The Bertz CT molecular complexity index is 1300. The van der Waals surface area contributed by atoms with Crippen LogP contribution in [0, 0.1) is 0 Å². The zero-order chi connectivity index (χ0) is 23.5. The maximum atomic E-state index is 13.1. The number of ether oxygens (including phenoxy) is 1. The minimum atomic E-state index is -3.33. The lowest BCUT2D eigenvalue weighted by atomic mass is 10.1. The van der Waals surface area contributed by atoms with Crippen molar-refractivity contribution in [2.24, 2.45) is 5.16 Å². The van der Waals surface area contributed by atoms with Crippen LogP contribution in [0.1, 0.15) is 24.8 Å². The molecule has 3 heterocycles. The van der Waals surface area contributed by atoms with Gasteiger partial charge < -0.3 is 9.57 Å². The van der Waals surface area contributed by atoms with Crippen LogP contribution in [-0.2, 0) is 24.2 Å². The molecule has 2 fully saturated rings. The standard InChI is InChI=1S/C23H22N4O5S2/c28-22(26-23-25-13-20(33-23)19-3-1-2-11-24-19)21(27-32-16-10-12-31-14-16)15-4-6-17(7-5-15)34(29,30)18-8-9-18/h1-7,11,13,16,18H,8-10,12,14H2,(H,25,26,28)/b27-21+/t16-/m1/s1. The molecule has 0 unspecified atom stereocenters. The summed E-state index contributed by atoms with van der Waals surface area (Å²) in [4.78, 5) is 28.3. The van der Waals surface area contributed by atoms with Crippen molar-refractivity contribution < 1.29 is 22.8 Å². The summed E-state index contributed by atoms with van der Waals surface area (Å²) < 4.78 is 30.3. The van der Waals surface area contributed by atoms with Crippen molar-refractivity contribution in [1.29, 1.82) is 0 Å². The van der Waals surface area contributed by atoms with E-state index in [-0.39, 0.29) is 22.0 Å². The van der Waals surface area contributed by atoms with Gasteiger partial charge in [0.05, 0.1) is 33.9 Å². The number of thiazole rings is 1. The average Bonchev–Trinajstić information content (AvgIpc) is 3.41. The number of benzene rings is 1. The Hall–Kier alpha value is -3.15. The Labute approximate surface area is 200 Å². The third kappa shape index (κ3) is 5.01. The highest BCUT2D eigenvalue weighted by Crippen LogP contribution is 2.33. The molecule has 2 aliphatic rings. The number of hydrogen-bond acceptors (Lipinski definition) is 9. The van der Waals surface area contributed by atoms with Gasteiger partial charge in [-0.15, -0.1) is 0 Å². The van der Waals surface area contributed by atoms with Crippen LogP contribution in [-0.4, -0.2) is 54.6 Å². The number of carbonyl (C=O) groups excluding carboxylic acids is 1. The van der Waals surface area contributed by atoms with Crippen molar-refractivity contribution in [3.63, 3.8) is 0 Å². The molecule has 1 amide bonds. The van der Waals surface area contributed by atoms with E-state index in [4.69, 9.17) is 9.57 Å². The number of rotatable bonds is 8. The highest BCUT2D eigenvalue weighted by atomic mass is 32.2. The van der Waals surface area contributed by atoms with E-state index in [0.29, 0.717) is 43.2 Å². The van der Waals surface area contributed by atoms with Crippen LogP contribution < -0.4 is 5.32 Å². The molecular weight excluding hydrogens is 476 g/mol. The van der Waals surface area contributed by atoms with Gasteiger partial charge in [0.15, 0.2) is 26.8 Å². The molecule has 1 atom stereocenters. The van der Waals surface area contributed by atoms with Crippen LogP contribution in [0.25, 0.3) is 10.6 Å². The Morgan fingerprint density at radius 1 is 1.12 bits per heavy atom. The molecule has 1 saturated heterocycles. The summed E-state index contributed by atoms with van der Waals surface area (Å²) in [6, 6.07) is 11.7. The summed E-state index contributed by atoms with van der Waals surface area (Å²) in [6.07, 6.45) is 5.14. The van der Waals surface area contributed by atoms with Crippen LogP contribution in [0.15, 0.2) is 64.9 Å². The molecule has 34 heavy (non-hydrogen) atoms. The van der Waals surface area contributed by atoms with Crippen LogP contribution >= 0.6 is 11.3 Å². The van der Waals surface area contributed by atoms with Crippen LogP contribution in [0.3, 0.4) is 0 Å². The van der Waals surface area contributed by atoms with Crippen molar-refractivity contribution in [2.45, 2.75) is 35.5 Å². The lowest BCUT2D eigenvalue weighted by Crippen LogP contribution is -2.25. The van der Waals surface area contributed by atoms with E-state index < -0.39 is 15.7 Å². The zero-order valence-electron chi connectivity index (χ0n) is 18.1. The Morgan fingerprint density at radius 2 is 1.94 bits per heavy atom. The topological polar surface area (TPSA) is 120 Å². The van der Waals surface area contributed by atoms with Crippen molar-refractivity contribution in [3.8, 4) is 10.6 Å². The number of pyridine rings is 1. The normalized spacial score (nSPS) is 18.6. The van der Waals surface area contributed by atoms with Crippen LogP contribution in [0.2, 0.25) is 0 Å². The molecule has 1 N–H and O–H groups in total. The largest absolute Gasteiger partial charge is 0.389 e. The van der Waals surface area contributed by atoms with E-state index >= 15 is 0 Å². The fraction of sp³-hybridized carbons (Fsp3) is 0.304. The van der Waals surface area contributed by atoms with Gasteiger partial charge in [0, 0.05) is 24.4 Å². The third-order valence-electron chi connectivity index (χ3n) is 5.46. The summed E-state index contributed by atoms with van der Waals surface area (Å²) in [7, 11) is -3.33. The number of nitrogens with zero attached hydrogens (tertiary/aromatic N) is 3. The van der Waals surface area contributed by atoms with Crippen molar-refractivity contribution >= 4 is 37.9 Å². The van der Waals surface area contributed by atoms with Gasteiger partial charge in [-0.25, -0.2) is 13.4 Å². The minimum absolute atomic E-state index is 0.0249. The third-order valence-corrected chi connectivity index (χ3v) is 8.67. The molecule has 176 valence electrons. The summed E-state index contributed by atoms with van der Waals surface area (Å²) in [6.45, 7) is 0.974. The molecular formula is C23H22N4O5S2. The number of hydrogen-bond donors (Lipinski definition) is 1. The maximum Gasteiger partial charge on any atom is 0.280 e. The van der Waals surface area contributed by atoms with Crippen molar-refractivity contribution in [3.05, 3.63) is 60.4 Å². The second-order valence-electron chi connectivity index (χ2n) is 8.00. The molecule has 1 aliphatic carbocycles. The predicted octanol–water partition coefficient (Wildman–Crippen LogP) is 3.29. The highest BCUT2D eigenvalue weighted by molar-refractivity contribution is 7.92. The molecule has 0 spiro atoms. The fourth-order valence-electron chi connectivity index (χ4n) is 3.44. The molecule has 1 saturated carbocycles. The number of sulfone groups is 1. The average molecular weight is 499 g/mol. The lowest BCUT2D eigenvalue weighted by Gasteiger charge is -2.10. The first-order valence-electron chi connectivity index (χ1n) is 10.9. The van der Waals surface area contributed by atoms with Crippen LogP contribution in [0.4, 0.5) is 5.13 Å². The molecule has 0 radical (unpaired) electrons. The van der Waals surface area contributed by atoms with Gasteiger partial charge in [-0.3, -0.25) is 15.1 Å². The highest BCUT2D eigenvalue weighted by Gasteiger charge is 2.36. The summed E-state index contributed by atoms with van der Waals surface area (Å²) >= 11 is 1.29. The quantitative estimate of drug-likeness (QED) is 0.374. The first kappa shape index (κ1) is 22.6. The zero-order valence-corrected chi connectivity index (χ0v) is 19.7. The summed E-state index contributed by atoms with van der Waals surface area (Å²) in [5, 5.41) is 6.95. The van der Waals surface area contributed by atoms with Crippen molar-refractivity contribution in [1.82, 2.24) is 9.97 Å². The van der Waals surface area contributed by atoms with E-state index in [1.165, 1.54) is 23.5 Å². The second-order valence-corrected chi connectivity index (χ2v) is 11.3. The van der Waals surface area contributed by atoms with E-state index in [1.54, 1.807) is 24.5 Å². The Kier molecular flexibility index (Phi) is 6.40. The van der Waals surface area contributed by atoms with E-state index in [0.717, 1.165) is 10.6 Å². The Morgan fingerprint density at radius 3 is 2.62 bits per heavy atom. The molecule has 1 aliphatic heterocycles. The second kappa shape index (κ2) is 9.61. The van der Waals surface area contributed by atoms with Crippen molar-refractivity contribution in [2.75, 3.05) is 18.5 Å². The number of aromatic nitrogens is 2. The maximum absolute atomic E-state index is 13.1. The van der Waals surface area contributed by atoms with Gasteiger partial charge in [0.2, 0.25) is 0 Å². The summed E-state index contributed by atoms with van der Waals surface area (Å²) in [5.41, 5.74) is 1.22. The van der Waals surface area contributed by atoms with E-state index in [1.807, 2.05) is 18.2 Å². The van der Waals surface area contributed by atoms with Gasteiger partial charge in [0.1, 0.15) is 0 Å². The minimum Gasteiger partial charge on any atom is -0.389 e. The fourth-order valence-corrected chi connectivity index (χ4v) is 5.88. The predicted molar refractivity (Wildman–Crippen MR) is 127 cm³/mol. The van der Waals surface area contributed by atoms with E-state index in [9.17, 15) is 13.2 Å². The molecule has 5 rings (SSSR count). The molecule has 2 aromatic heterocycles. The SMILES string of the molecule is O=C(Nc1ncc(-c2ccccn2)s1)/C(=N/O[C@@H]1CCOC1)c1ccc(S(=O)(=O)C2CC2)cc1. The lowest BCUT2D eigenvalue weighted by molar-refractivity contribution is -0.110. The molecule has 11 heteroatoms. The first-order chi connectivity index (χ1) is 16.5. The smallest absolute Gasteiger partial charge is 0.280 e. The Balaban J connectivity index is 1.38. The van der Waals surface area contributed by atoms with Crippen LogP contribution in [0.5, 0.6) is 0 Å². The van der Waals surface area contributed by atoms with Gasteiger partial charge in [-0.05, 0) is 37.1 Å².